The van der Waals surface area contributed by atoms with Gasteiger partial charge in [0, 0.05) is 11.8 Å². The Morgan fingerprint density at radius 3 is 2.37 bits per heavy atom. The van der Waals surface area contributed by atoms with Crippen LogP contribution in [0.15, 0.2) is 52.6 Å². The van der Waals surface area contributed by atoms with Gasteiger partial charge in [0.2, 0.25) is 0 Å². The highest BCUT2D eigenvalue weighted by Crippen LogP contribution is 2.13. The molecule has 206 valence electrons. The standard InChI is InChI=1S/C24H32N6O7S/c1-15(2)12-18(27-23(33)37-24(3,4)5)22(32)30-29-21(31)17-10-11-20(25-13-17)28-26-14-16-8-6-7-9-19(16)38(34,35)36/h6-11,13-15,18H,12H2,1-5H3,(H,25,28)(H,27,33)(H,29,31)(H,30,32)(H,34,35,36)/t18-/m0/s1. The molecule has 0 unspecified atom stereocenters. The van der Waals surface area contributed by atoms with E-state index in [1.807, 2.05) is 13.8 Å². The Hall–Kier alpha value is -4.04. The second-order valence-electron chi connectivity index (χ2n) is 9.59. The number of pyridine rings is 1. The van der Waals surface area contributed by atoms with Crippen molar-refractivity contribution in [1.82, 2.24) is 21.2 Å². The molecule has 2 rings (SSSR count). The molecule has 0 aliphatic rings. The highest BCUT2D eigenvalue weighted by Gasteiger charge is 2.25. The molecule has 3 amide bonds. The van der Waals surface area contributed by atoms with Crippen LogP contribution in [0.25, 0.3) is 0 Å². The Morgan fingerprint density at radius 2 is 1.79 bits per heavy atom. The SMILES string of the molecule is CC(C)C[C@H](NC(=O)OC(C)(C)C)C(=O)NNC(=O)c1ccc(NN=Cc2ccccc2S(=O)(=O)O)nc1. The van der Waals surface area contributed by atoms with Crippen LogP contribution in [0.3, 0.4) is 0 Å². The van der Waals surface area contributed by atoms with Gasteiger partial charge in [-0.3, -0.25) is 30.4 Å². The summed E-state index contributed by atoms with van der Waals surface area (Å²) in [4.78, 5) is 40.9. The summed E-state index contributed by atoms with van der Waals surface area (Å²) >= 11 is 0. The van der Waals surface area contributed by atoms with Gasteiger partial charge in [-0.15, -0.1) is 0 Å². The number of nitrogens with one attached hydrogen (secondary N) is 4. The molecule has 0 aliphatic carbocycles. The van der Waals surface area contributed by atoms with Gasteiger partial charge in [0.05, 0.1) is 11.8 Å². The minimum Gasteiger partial charge on any atom is -0.444 e. The first-order chi connectivity index (χ1) is 17.7. The van der Waals surface area contributed by atoms with Gasteiger partial charge in [0.25, 0.3) is 21.9 Å². The number of ether oxygens (including phenoxy) is 1. The number of alkyl carbamates (subject to hydrolysis) is 1. The van der Waals surface area contributed by atoms with Gasteiger partial charge in [-0.1, -0.05) is 32.0 Å². The van der Waals surface area contributed by atoms with E-state index in [1.54, 1.807) is 26.8 Å². The first kappa shape index (κ1) is 30.2. The van der Waals surface area contributed by atoms with E-state index in [0.29, 0.717) is 6.42 Å². The number of hydrogen-bond donors (Lipinski definition) is 5. The van der Waals surface area contributed by atoms with Crippen molar-refractivity contribution in [1.29, 1.82) is 0 Å². The number of hydrazone groups is 1. The van der Waals surface area contributed by atoms with Gasteiger partial charge in [-0.2, -0.15) is 13.5 Å². The summed E-state index contributed by atoms with van der Waals surface area (Å²) in [6.45, 7) is 8.87. The van der Waals surface area contributed by atoms with Gasteiger partial charge in [0.15, 0.2) is 0 Å². The maximum absolute atomic E-state index is 12.6. The third kappa shape index (κ3) is 10.1. The number of hydrogen-bond acceptors (Lipinski definition) is 9. The number of carbonyl (C=O) groups excluding carboxylic acids is 3. The summed E-state index contributed by atoms with van der Waals surface area (Å²) in [6.07, 6.45) is 1.99. The lowest BCUT2D eigenvalue weighted by Crippen LogP contribution is -2.53. The number of carbonyl (C=O) groups is 3. The fourth-order valence-electron chi connectivity index (χ4n) is 3.01. The molecule has 0 bridgehead atoms. The van der Waals surface area contributed by atoms with Crippen molar-refractivity contribution in [3.05, 3.63) is 53.7 Å². The van der Waals surface area contributed by atoms with Crippen LogP contribution in [0, 0.1) is 5.92 Å². The number of aromatic nitrogens is 1. The zero-order valence-electron chi connectivity index (χ0n) is 21.7. The van der Waals surface area contributed by atoms with Crippen molar-refractivity contribution in [2.45, 2.75) is 57.6 Å². The molecule has 1 aromatic heterocycles. The van der Waals surface area contributed by atoms with Crippen LogP contribution in [0.2, 0.25) is 0 Å². The number of amides is 3. The quantitative estimate of drug-likeness (QED) is 0.178. The van der Waals surface area contributed by atoms with Crippen molar-refractivity contribution in [3.63, 3.8) is 0 Å². The molecule has 0 fully saturated rings. The van der Waals surface area contributed by atoms with E-state index in [2.05, 4.69) is 31.7 Å². The summed E-state index contributed by atoms with van der Waals surface area (Å²) in [6, 6.07) is 7.66. The topological polar surface area (TPSA) is 188 Å². The fourth-order valence-corrected chi connectivity index (χ4v) is 3.68. The molecule has 1 heterocycles. The molecule has 2 aromatic rings. The lowest BCUT2D eigenvalue weighted by Gasteiger charge is -2.24. The van der Waals surface area contributed by atoms with Gasteiger partial charge in [0.1, 0.15) is 22.4 Å². The Balaban J connectivity index is 1.96. The zero-order valence-corrected chi connectivity index (χ0v) is 22.5. The molecule has 0 saturated carbocycles. The lowest BCUT2D eigenvalue weighted by molar-refractivity contribution is -0.124. The number of hydrazine groups is 1. The molecule has 0 spiro atoms. The molecule has 1 atom stereocenters. The monoisotopic (exact) mass is 548 g/mol. The first-order valence-corrected chi connectivity index (χ1v) is 13.0. The number of anilines is 1. The Kier molecular flexibility index (Phi) is 10.3. The summed E-state index contributed by atoms with van der Waals surface area (Å²) < 4.78 is 37.4. The van der Waals surface area contributed by atoms with E-state index in [9.17, 15) is 27.4 Å². The summed E-state index contributed by atoms with van der Waals surface area (Å²) in [5.74, 6) is -0.957. The number of nitrogens with zero attached hydrogens (tertiary/aromatic N) is 2. The minimum atomic E-state index is -4.42. The maximum atomic E-state index is 12.6. The second kappa shape index (κ2) is 13.0. The predicted octanol–water partition coefficient (Wildman–Crippen LogP) is 2.47. The third-order valence-electron chi connectivity index (χ3n) is 4.62. The number of benzene rings is 1. The van der Waals surface area contributed by atoms with E-state index >= 15 is 0 Å². The third-order valence-corrected chi connectivity index (χ3v) is 5.55. The zero-order chi connectivity index (χ0) is 28.5. The average molecular weight is 549 g/mol. The molecule has 5 N–H and O–H groups in total. The molecular weight excluding hydrogens is 516 g/mol. The van der Waals surface area contributed by atoms with Crippen LogP contribution in [-0.4, -0.2) is 53.7 Å². The van der Waals surface area contributed by atoms with Gasteiger partial charge in [-0.05, 0) is 51.3 Å². The van der Waals surface area contributed by atoms with E-state index in [1.165, 1.54) is 42.7 Å². The molecule has 38 heavy (non-hydrogen) atoms. The highest BCUT2D eigenvalue weighted by molar-refractivity contribution is 7.86. The van der Waals surface area contributed by atoms with Crippen molar-refractivity contribution < 1.29 is 32.1 Å². The van der Waals surface area contributed by atoms with E-state index in [0.717, 1.165) is 0 Å². The first-order valence-electron chi connectivity index (χ1n) is 11.6. The van der Waals surface area contributed by atoms with Crippen LogP contribution in [-0.2, 0) is 19.6 Å². The van der Waals surface area contributed by atoms with Crippen LogP contribution in [0.5, 0.6) is 0 Å². The molecule has 13 nitrogen and oxygen atoms in total. The highest BCUT2D eigenvalue weighted by atomic mass is 32.2. The maximum Gasteiger partial charge on any atom is 0.408 e. The normalized spacial score (nSPS) is 12.6. The molecule has 1 aromatic carbocycles. The van der Waals surface area contributed by atoms with E-state index < -0.39 is 39.7 Å². The Labute approximate surface area is 221 Å². The molecule has 0 radical (unpaired) electrons. The van der Waals surface area contributed by atoms with E-state index in [4.69, 9.17) is 4.74 Å². The van der Waals surface area contributed by atoms with Gasteiger partial charge < -0.3 is 10.1 Å². The largest absolute Gasteiger partial charge is 0.444 e. The molecule has 0 saturated heterocycles. The summed E-state index contributed by atoms with van der Waals surface area (Å²) in [7, 11) is -4.42. The summed E-state index contributed by atoms with van der Waals surface area (Å²) in [5.41, 5.74) is 6.70. The summed E-state index contributed by atoms with van der Waals surface area (Å²) in [5, 5.41) is 6.41. The smallest absolute Gasteiger partial charge is 0.408 e. The lowest BCUT2D eigenvalue weighted by atomic mass is 10.0. The van der Waals surface area contributed by atoms with Crippen LogP contribution < -0.4 is 21.6 Å². The van der Waals surface area contributed by atoms with Crippen LogP contribution in [0.1, 0.15) is 57.0 Å². The molecule has 14 heteroatoms. The second-order valence-corrected chi connectivity index (χ2v) is 11.0. The van der Waals surface area contributed by atoms with E-state index in [-0.39, 0.29) is 27.8 Å². The molecular formula is C24H32N6O7S. The Bertz CT molecular complexity index is 1270. The van der Waals surface area contributed by atoms with Crippen LogP contribution in [0.4, 0.5) is 10.6 Å². The molecule has 0 aliphatic heterocycles. The van der Waals surface area contributed by atoms with Gasteiger partial charge >= 0.3 is 6.09 Å². The average Bonchev–Trinajstić information content (AvgIpc) is 2.80. The predicted molar refractivity (Wildman–Crippen MR) is 140 cm³/mol. The van der Waals surface area contributed by atoms with Gasteiger partial charge in [-0.25, -0.2) is 9.78 Å². The van der Waals surface area contributed by atoms with Crippen molar-refractivity contribution in [2.24, 2.45) is 11.0 Å². The van der Waals surface area contributed by atoms with Crippen molar-refractivity contribution >= 4 is 40.1 Å². The van der Waals surface area contributed by atoms with Crippen molar-refractivity contribution in [3.8, 4) is 0 Å². The van der Waals surface area contributed by atoms with Crippen molar-refractivity contribution in [2.75, 3.05) is 5.43 Å². The number of rotatable bonds is 9. The fraction of sp³-hybridized carbons (Fsp3) is 0.375. The van der Waals surface area contributed by atoms with Crippen LogP contribution >= 0.6 is 0 Å². The minimum absolute atomic E-state index is 0.0739. The Morgan fingerprint density at radius 1 is 1.11 bits per heavy atom.